The molecule has 0 aliphatic rings. The van der Waals surface area contributed by atoms with Crippen molar-refractivity contribution < 1.29 is 4.74 Å². The second kappa shape index (κ2) is 6.61. The van der Waals surface area contributed by atoms with Gasteiger partial charge in [-0.05, 0) is 25.3 Å². The van der Waals surface area contributed by atoms with E-state index >= 15 is 0 Å². The van der Waals surface area contributed by atoms with E-state index in [-0.39, 0.29) is 6.10 Å². The summed E-state index contributed by atoms with van der Waals surface area (Å²) in [5.41, 5.74) is 7.65. The Hall–Kier alpha value is -0.930. The topological polar surface area (TPSA) is 48.1 Å². The SMILES string of the molecule is CC(C)CC(C)OCc1cccnc1CN. The first kappa shape index (κ1) is 13.1. The van der Waals surface area contributed by atoms with Crippen LogP contribution in [-0.2, 0) is 17.9 Å². The van der Waals surface area contributed by atoms with Gasteiger partial charge in [0.1, 0.15) is 0 Å². The molecule has 3 heteroatoms. The standard InChI is InChI=1S/C13H22N2O/c1-10(2)7-11(3)16-9-12-5-4-6-15-13(12)8-14/h4-6,10-11H,7-9,14H2,1-3H3. The molecule has 0 saturated carbocycles. The third kappa shape index (κ3) is 4.29. The number of rotatable bonds is 6. The highest BCUT2D eigenvalue weighted by atomic mass is 16.5. The Morgan fingerprint density at radius 1 is 1.38 bits per heavy atom. The van der Waals surface area contributed by atoms with Gasteiger partial charge < -0.3 is 10.5 Å². The van der Waals surface area contributed by atoms with Crippen LogP contribution in [0.25, 0.3) is 0 Å². The Morgan fingerprint density at radius 2 is 2.12 bits per heavy atom. The van der Waals surface area contributed by atoms with Gasteiger partial charge in [-0.25, -0.2) is 0 Å². The van der Waals surface area contributed by atoms with Crippen LogP contribution in [-0.4, -0.2) is 11.1 Å². The van der Waals surface area contributed by atoms with Crippen LogP contribution in [0.2, 0.25) is 0 Å². The summed E-state index contributed by atoms with van der Waals surface area (Å²) < 4.78 is 5.79. The first-order chi connectivity index (χ1) is 7.63. The molecule has 1 heterocycles. The fraction of sp³-hybridized carbons (Fsp3) is 0.615. The fourth-order valence-corrected chi connectivity index (χ4v) is 1.75. The van der Waals surface area contributed by atoms with Crippen molar-refractivity contribution >= 4 is 0 Å². The van der Waals surface area contributed by atoms with Gasteiger partial charge in [0.25, 0.3) is 0 Å². The van der Waals surface area contributed by atoms with Gasteiger partial charge in [-0.15, -0.1) is 0 Å². The molecule has 0 saturated heterocycles. The van der Waals surface area contributed by atoms with Crippen molar-refractivity contribution in [1.29, 1.82) is 0 Å². The lowest BCUT2D eigenvalue weighted by atomic mass is 10.1. The van der Waals surface area contributed by atoms with Crippen LogP contribution < -0.4 is 5.73 Å². The Bertz CT molecular complexity index is 313. The van der Waals surface area contributed by atoms with Crippen molar-refractivity contribution in [3.63, 3.8) is 0 Å². The summed E-state index contributed by atoms with van der Waals surface area (Å²) in [4.78, 5) is 4.23. The molecule has 0 aliphatic heterocycles. The lowest BCUT2D eigenvalue weighted by molar-refractivity contribution is 0.0392. The van der Waals surface area contributed by atoms with E-state index in [2.05, 4.69) is 25.8 Å². The van der Waals surface area contributed by atoms with Gasteiger partial charge in [-0.2, -0.15) is 0 Å². The lowest BCUT2D eigenvalue weighted by Gasteiger charge is -2.16. The van der Waals surface area contributed by atoms with Crippen LogP contribution in [0.1, 0.15) is 38.4 Å². The number of nitrogens with two attached hydrogens (primary N) is 1. The van der Waals surface area contributed by atoms with Gasteiger partial charge >= 0.3 is 0 Å². The third-order valence-electron chi connectivity index (χ3n) is 2.50. The Balaban J connectivity index is 2.47. The largest absolute Gasteiger partial charge is 0.374 e. The minimum absolute atomic E-state index is 0.283. The van der Waals surface area contributed by atoms with Gasteiger partial charge in [-0.1, -0.05) is 19.9 Å². The average Bonchev–Trinajstić information content (AvgIpc) is 2.26. The van der Waals surface area contributed by atoms with Gasteiger partial charge in [0.2, 0.25) is 0 Å². The molecule has 0 aliphatic carbocycles. The van der Waals surface area contributed by atoms with Crippen LogP contribution in [0.4, 0.5) is 0 Å². The number of pyridine rings is 1. The number of nitrogens with zero attached hydrogens (tertiary/aromatic N) is 1. The predicted molar refractivity (Wildman–Crippen MR) is 65.8 cm³/mol. The van der Waals surface area contributed by atoms with Crippen LogP contribution in [0, 0.1) is 5.92 Å². The monoisotopic (exact) mass is 222 g/mol. The molecule has 0 radical (unpaired) electrons. The van der Waals surface area contributed by atoms with Gasteiger partial charge in [0, 0.05) is 18.3 Å². The summed E-state index contributed by atoms with van der Waals surface area (Å²) >= 11 is 0. The summed E-state index contributed by atoms with van der Waals surface area (Å²) in [5, 5.41) is 0. The maximum Gasteiger partial charge on any atom is 0.0738 e. The van der Waals surface area contributed by atoms with Crippen molar-refractivity contribution in [3.05, 3.63) is 29.6 Å². The molecule has 0 spiro atoms. The highest BCUT2D eigenvalue weighted by molar-refractivity contribution is 5.18. The quantitative estimate of drug-likeness (QED) is 0.804. The number of ether oxygens (including phenoxy) is 1. The normalized spacial score (nSPS) is 13.1. The molecule has 3 nitrogen and oxygen atoms in total. The smallest absolute Gasteiger partial charge is 0.0738 e. The molecule has 1 atom stereocenters. The van der Waals surface area contributed by atoms with E-state index in [1.54, 1.807) is 6.20 Å². The van der Waals surface area contributed by atoms with Crippen molar-refractivity contribution in [2.24, 2.45) is 11.7 Å². The average molecular weight is 222 g/mol. The van der Waals surface area contributed by atoms with E-state index in [1.807, 2.05) is 12.1 Å². The zero-order chi connectivity index (χ0) is 12.0. The third-order valence-corrected chi connectivity index (χ3v) is 2.50. The molecule has 90 valence electrons. The predicted octanol–water partition coefficient (Wildman–Crippen LogP) is 2.49. The van der Waals surface area contributed by atoms with E-state index in [9.17, 15) is 0 Å². The van der Waals surface area contributed by atoms with Gasteiger partial charge in [0.05, 0.1) is 18.4 Å². The number of aromatic nitrogens is 1. The highest BCUT2D eigenvalue weighted by Crippen LogP contribution is 2.12. The zero-order valence-corrected chi connectivity index (χ0v) is 10.4. The van der Waals surface area contributed by atoms with Gasteiger partial charge in [0.15, 0.2) is 0 Å². The molecule has 1 aromatic heterocycles. The summed E-state index contributed by atoms with van der Waals surface area (Å²) in [6, 6.07) is 3.95. The van der Waals surface area contributed by atoms with Crippen molar-refractivity contribution in [3.8, 4) is 0 Å². The van der Waals surface area contributed by atoms with E-state index in [1.165, 1.54) is 0 Å². The molecule has 2 N–H and O–H groups in total. The first-order valence-electron chi connectivity index (χ1n) is 5.88. The Morgan fingerprint density at radius 3 is 2.75 bits per heavy atom. The van der Waals surface area contributed by atoms with Crippen LogP contribution in [0.3, 0.4) is 0 Å². The second-order valence-electron chi connectivity index (χ2n) is 4.56. The lowest BCUT2D eigenvalue weighted by Crippen LogP contribution is -2.13. The molecule has 0 fully saturated rings. The summed E-state index contributed by atoms with van der Waals surface area (Å²) in [6.07, 6.45) is 3.13. The highest BCUT2D eigenvalue weighted by Gasteiger charge is 2.07. The molecule has 1 unspecified atom stereocenters. The molecule has 1 aromatic rings. The molecule has 16 heavy (non-hydrogen) atoms. The maximum atomic E-state index is 5.79. The minimum atomic E-state index is 0.283. The van der Waals surface area contributed by atoms with E-state index < -0.39 is 0 Å². The minimum Gasteiger partial charge on any atom is -0.374 e. The second-order valence-corrected chi connectivity index (χ2v) is 4.56. The van der Waals surface area contributed by atoms with Crippen LogP contribution in [0.15, 0.2) is 18.3 Å². The number of hydrogen-bond acceptors (Lipinski definition) is 3. The van der Waals surface area contributed by atoms with E-state index in [0.29, 0.717) is 19.1 Å². The van der Waals surface area contributed by atoms with Crippen LogP contribution in [0.5, 0.6) is 0 Å². The Kier molecular flexibility index (Phi) is 5.43. The summed E-state index contributed by atoms with van der Waals surface area (Å²) in [5.74, 6) is 0.665. The van der Waals surface area contributed by atoms with E-state index in [0.717, 1.165) is 17.7 Å². The van der Waals surface area contributed by atoms with Crippen molar-refractivity contribution in [2.75, 3.05) is 0 Å². The molecule has 0 bridgehead atoms. The summed E-state index contributed by atoms with van der Waals surface area (Å²) in [6.45, 7) is 7.59. The molecule has 0 aromatic carbocycles. The van der Waals surface area contributed by atoms with Crippen molar-refractivity contribution in [1.82, 2.24) is 4.98 Å². The first-order valence-corrected chi connectivity index (χ1v) is 5.88. The molecular formula is C13H22N2O. The molecule has 0 amide bonds. The fourth-order valence-electron chi connectivity index (χ4n) is 1.75. The van der Waals surface area contributed by atoms with Gasteiger partial charge in [-0.3, -0.25) is 4.98 Å². The van der Waals surface area contributed by atoms with E-state index in [4.69, 9.17) is 10.5 Å². The Labute approximate surface area is 98.0 Å². The summed E-state index contributed by atoms with van der Waals surface area (Å²) in [7, 11) is 0. The molecule has 1 rings (SSSR count). The van der Waals surface area contributed by atoms with Crippen molar-refractivity contribution in [2.45, 2.75) is 46.4 Å². The molecular weight excluding hydrogens is 200 g/mol. The number of hydrogen-bond donors (Lipinski definition) is 1. The van der Waals surface area contributed by atoms with Crippen LogP contribution >= 0.6 is 0 Å². The zero-order valence-electron chi connectivity index (χ0n) is 10.4. The maximum absolute atomic E-state index is 5.79.